The summed E-state index contributed by atoms with van der Waals surface area (Å²) in [7, 11) is -3.75. The third-order valence-electron chi connectivity index (χ3n) is 7.45. The number of aryl methyl sites for hydroxylation is 2. The van der Waals surface area contributed by atoms with Crippen molar-refractivity contribution in [2.45, 2.75) is 37.1 Å². The van der Waals surface area contributed by atoms with Gasteiger partial charge in [-0.1, -0.05) is 72.3 Å². The van der Waals surface area contributed by atoms with Crippen molar-refractivity contribution >= 4 is 32.2 Å². The van der Waals surface area contributed by atoms with Crippen LogP contribution in [0.15, 0.2) is 95.9 Å². The van der Waals surface area contributed by atoms with Gasteiger partial charge in [0, 0.05) is 17.0 Å². The highest BCUT2D eigenvalue weighted by molar-refractivity contribution is 7.92. The van der Waals surface area contributed by atoms with E-state index in [1.807, 2.05) is 54.6 Å². The van der Waals surface area contributed by atoms with Crippen LogP contribution >= 0.6 is 0 Å². The maximum absolute atomic E-state index is 13.4. The minimum Gasteiger partial charge on any atom is -0.378 e. The van der Waals surface area contributed by atoms with Gasteiger partial charge in [0.05, 0.1) is 16.6 Å². The van der Waals surface area contributed by atoms with Gasteiger partial charge in [0.2, 0.25) is 0 Å². The quantitative estimate of drug-likeness (QED) is 0.307. The Hall–Kier alpha value is -3.57. The van der Waals surface area contributed by atoms with Crippen LogP contribution in [0, 0.1) is 19.8 Å². The van der Waals surface area contributed by atoms with E-state index in [1.165, 1.54) is 16.7 Å². The molecule has 0 spiro atoms. The molecule has 1 aliphatic heterocycles. The van der Waals surface area contributed by atoms with Crippen molar-refractivity contribution in [1.82, 2.24) is 0 Å². The molecule has 0 radical (unpaired) electrons. The molecule has 0 saturated heterocycles. The normalized spacial score (nSPS) is 20.8. The van der Waals surface area contributed by atoms with Gasteiger partial charge >= 0.3 is 0 Å². The molecule has 0 unspecified atom stereocenters. The van der Waals surface area contributed by atoms with Crippen LogP contribution in [-0.2, 0) is 10.0 Å². The summed E-state index contributed by atoms with van der Waals surface area (Å²) in [6.07, 6.45) is 5.46. The zero-order chi connectivity index (χ0) is 24.2. The summed E-state index contributed by atoms with van der Waals surface area (Å²) in [6, 6.07) is 25.8. The Labute approximate surface area is 206 Å². The topological polar surface area (TPSA) is 58.2 Å². The van der Waals surface area contributed by atoms with Gasteiger partial charge in [-0.2, -0.15) is 0 Å². The van der Waals surface area contributed by atoms with Gasteiger partial charge in [-0.05, 0) is 72.5 Å². The maximum atomic E-state index is 13.4. The molecule has 2 aliphatic rings. The smallest absolute Gasteiger partial charge is 0.261 e. The molecular weight excluding hydrogens is 452 g/mol. The number of nitrogens with one attached hydrogen (secondary N) is 2. The molecular formula is C30H28N2O2S. The predicted octanol–water partition coefficient (Wildman–Crippen LogP) is 7.08. The summed E-state index contributed by atoms with van der Waals surface area (Å²) in [6.45, 7) is 4.29. The number of allylic oxidation sites excluding steroid dienone is 2. The summed E-state index contributed by atoms with van der Waals surface area (Å²) in [4.78, 5) is 0.287. The summed E-state index contributed by atoms with van der Waals surface area (Å²) < 4.78 is 29.7. The summed E-state index contributed by atoms with van der Waals surface area (Å²) >= 11 is 0. The first-order chi connectivity index (χ1) is 16.9. The summed E-state index contributed by atoms with van der Waals surface area (Å²) in [5, 5.41) is 5.63. The monoisotopic (exact) mass is 480 g/mol. The first-order valence-corrected chi connectivity index (χ1v) is 13.5. The van der Waals surface area contributed by atoms with Gasteiger partial charge in [-0.15, -0.1) is 0 Å². The fourth-order valence-corrected chi connectivity index (χ4v) is 6.78. The number of rotatable bonds is 4. The van der Waals surface area contributed by atoms with E-state index >= 15 is 0 Å². The van der Waals surface area contributed by atoms with Crippen LogP contribution in [0.25, 0.3) is 10.8 Å². The molecule has 1 aliphatic carbocycles. The molecule has 176 valence electrons. The van der Waals surface area contributed by atoms with Gasteiger partial charge in [0.15, 0.2) is 0 Å². The first-order valence-electron chi connectivity index (χ1n) is 12.1. The molecule has 0 fully saturated rings. The van der Waals surface area contributed by atoms with Crippen molar-refractivity contribution in [2.24, 2.45) is 5.92 Å². The van der Waals surface area contributed by atoms with Gasteiger partial charge in [0.1, 0.15) is 0 Å². The van der Waals surface area contributed by atoms with Crippen LogP contribution in [0.1, 0.15) is 40.6 Å². The molecule has 4 nitrogen and oxygen atoms in total. The number of benzene rings is 4. The van der Waals surface area contributed by atoms with Crippen molar-refractivity contribution in [3.05, 3.63) is 113 Å². The van der Waals surface area contributed by atoms with Crippen LogP contribution in [0.3, 0.4) is 0 Å². The predicted molar refractivity (Wildman–Crippen MR) is 143 cm³/mol. The van der Waals surface area contributed by atoms with E-state index in [9.17, 15) is 8.42 Å². The highest BCUT2D eigenvalue weighted by atomic mass is 32.2. The average molecular weight is 481 g/mol. The van der Waals surface area contributed by atoms with Crippen LogP contribution in [-0.4, -0.2) is 8.42 Å². The second-order valence-corrected chi connectivity index (χ2v) is 11.4. The van der Waals surface area contributed by atoms with Crippen molar-refractivity contribution in [3.63, 3.8) is 0 Å². The van der Waals surface area contributed by atoms with E-state index in [2.05, 4.69) is 54.2 Å². The Morgan fingerprint density at radius 1 is 0.886 bits per heavy atom. The molecule has 0 bridgehead atoms. The molecule has 3 atom stereocenters. The Kier molecular flexibility index (Phi) is 5.19. The van der Waals surface area contributed by atoms with E-state index in [0.717, 1.165) is 28.4 Å². The van der Waals surface area contributed by atoms with Crippen LogP contribution in [0.2, 0.25) is 0 Å². The SMILES string of the molecule is Cc1ccc(C)c([C@H]2Nc3ccc(S(=O)(=O)Nc4cccc5ccccc45)cc3[C@H]3C=CC[C@H]32)c1. The highest BCUT2D eigenvalue weighted by Gasteiger charge is 2.39. The number of hydrogen-bond donors (Lipinski definition) is 2. The van der Waals surface area contributed by atoms with Crippen molar-refractivity contribution in [2.75, 3.05) is 10.0 Å². The van der Waals surface area contributed by atoms with E-state index in [1.54, 1.807) is 6.07 Å². The zero-order valence-corrected chi connectivity index (χ0v) is 20.6. The molecule has 35 heavy (non-hydrogen) atoms. The van der Waals surface area contributed by atoms with Crippen LogP contribution < -0.4 is 10.0 Å². The molecule has 0 saturated carbocycles. The standard InChI is InChI=1S/C30H28N2O2S/c1-19-13-14-20(2)26(17-19)30-25-11-6-10-24(25)27-18-22(15-16-28(27)31-30)35(33,34)32-29-12-5-8-21-7-3-4-9-23(21)29/h3-10,12-18,24-25,30-32H,11H2,1-2H3/t24-,25+,30-/m0/s1. The van der Waals surface area contributed by atoms with Gasteiger partial charge in [-0.3, -0.25) is 4.72 Å². The Balaban J connectivity index is 1.37. The molecule has 6 rings (SSSR count). The highest BCUT2D eigenvalue weighted by Crippen LogP contribution is 2.50. The fourth-order valence-electron chi connectivity index (χ4n) is 5.66. The van der Waals surface area contributed by atoms with E-state index in [-0.39, 0.29) is 16.9 Å². The lowest BCUT2D eigenvalue weighted by Crippen LogP contribution is -2.30. The minimum absolute atomic E-state index is 0.184. The largest absolute Gasteiger partial charge is 0.378 e. The van der Waals surface area contributed by atoms with Crippen LogP contribution in [0.5, 0.6) is 0 Å². The van der Waals surface area contributed by atoms with E-state index in [0.29, 0.717) is 11.6 Å². The molecule has 4 aromatic carbocycles. The molecule has 1 heterocycles. The number of sulfonamides is 1. The van der Waals surface area contributed by atoms with Crippen molar-refractivity contribution in [3.8, 4) is 0 Å². The lowest BCUT2D eigenvalue weighted by atomic mass is 9.76. The molecule has 0 amide bonds. The molecule has 5 heteroatoms. The van der Waals surface area contributed by atoms with Gasteiger partial charge in [0.25, 0.3) is 10.0 Å². The third-order valence-corrected chi connectivity index (χ3v) is 8.81. The minimum atomic E-state index is -3.75. The molecule has 0 aromatic heterocycles. The lowest BCUT2D eigenvalue weighted by Gasteiger charge is -2.38. The van der Waals surface area contributed by atoms with Gasteiger partial charge in [-0.25, -0.2) is 8.42 Å². The number of fused-ring (bicyclic) bond motifs is 4. The number of anilines is 2. The fraction of sp³-hybridized carbons (Fsp3) is 0.200. The molecule has 4 aromatic rings. The van der Waals surface area contributed by atoms with E-state index < -0.39 is 10.0 Å². The number of hydrogen-bond acceptors (Lipinski definition) is 3. The lowest BCUT2D eigenvalue weighted by molar-refractivity contribution is 0.424. The third kappa shape index (κ3) is 3.80. The second kappa shape index (κ2) is 8.28. The Bertz CT molecular complexity index is 1580. The van der Waals surface area contributed by atoms with E-state index in [4.69, 9.17) is 0 Å². The average Bonchev–Trinajstić information content (AvgIpc) is 3.35. The van der Waals surface area contributed by atoms with Crippen molar-refractivity contribution in [1.29, 1.82) is 0 Å². The van der Waals surface area contributed by atoms with Crippen LogP contribution in [0.4, 0.5) is 11.4 Å². The first kappa shape index (κ1) is 21.9. The molecule has 2 N–H and O–H groups in total. The zero-order valence-electron chi connectivity index (χ0n) is 19.8. The summed E-state index contributed by atoms with van der Waals surface area (Å²) in [5.74, 6) is 0.538. The Morgan fingerprint density at radius 2 is 1.71 bits per heavy atom. The summed E-state index contributed by atoms with van der Waals surface area (Å²) in [5.41, 5.74) is 6.50. The van der Waals surface area contributed by atoms with Gasteiger partial charge < -0.3 is 5.32 Å². The second-order valence-electron chi connectivity index (χ2n) is 9.72. The van der Waals surface area contributed by atoms with Crippen molar-refractivity contribution < 1.29 is 8.42 Å². The maximum Gasteiger partial charge on any atom is 0.261 e. The Morgan fingerprint density at radius 3 is 2.60 bits per heavy atom.